The fraction of sp³-hybridized carbons (Fsp3) is 0.538. The van der Waals surface area contributed by atoms with Gasteiger partial charge >= 0.3 is 6.18 Å². The highest BCUT2D eigenvalue weighted by atomic mass is 19.4. The van der Waals surface area contributed by atoms with Crippen molar-refractivity contribution in [3.05, 3.63) is 34.9 Å². The lowest BCUT2D eigenvalue weighted by atomic mass is 9.94. The minimum absolute atomic E-state index is 0.0578. The van der Waals surface area contributed by atoms with Gasteiger partial charge in [0.2, 0.25) is 0 Å². The van der Waals surface area contributed by atoms with Gasteiger partial charge in [-0.25, -0.2) is 0 Å². The van der Waals surface area contributed by atoms with Gasteiger partial charge in [0, 0.05) is 6.61 Å². The maximum Gasteiger partial charge on any atom is 0.416 e. The molecule has 0 spiro atoms. The molecule has 1 fully saturated rings. The van der Waals surface area contributed by atoms with Gasteiger partial charge in [0.1, 0.15) is 0 Å². The number of aryl methyl sites for hydroxylation is 1. The van der Waals surface area contributed by atoms with Crippen LogP contribution in [0, 0.1) is 12.3 Å². The van der Waals surface area contributed by atoms with E-state index >= 15 is 0 Å². The summed E-state index contributed by atoms with van der Waals surface area (Å²) in [6.45, 7) is 1.52. The Labute approximate surface area is 98.3 Å². The number of hydrogen-bond acceptors (Lipinski definition) is 1. The molecule has 1 aromatic rings. The molecule has 0 saturated heterocycles. The number of aliphatic hydroxyl groups excluding tert-OH is 1. The molecule has 17 heavy (non-hydrogen) atoms. The van der Waals surface area contributed by atoms with Crippen molar-refractivity contribution < 1.29 is 18.3 Å². The summed E-state index contributed by atoms with van der Waals surface area (Å²) in [4.78, 5) is 0. The van der Waals surface area contributed by atoms with E-state index in [2.05, 4.69) is 0 Å². The number of halogens is 3. The highest BCUT2D eigenvalue weighted by Crippen LogP contribution is 2.48. The Hall–Kier alpha value is -1.03. The molecule has 4 heteroatoms. The zero-order valence-electron chi connectivity index (χ0n) is 9.64. The first kappa shape index (κ1) is 12.4. The summed E-state index contributed by atoms with van der Waals surface area (Å²) in [6.07, 6.45) is -1.96. The minimum atomic E-state index is -4.30. The van der Waals surface area contributed by atoms with Crippen LogP contribution < -0.4 is 0 Å². The van der Waals surface area contributed by atoms with Crippen molar-refractivity contribution >= 4 is 0 Å². The fourth-order valence-corrected chi connectivity index (χ4v) is 2.09. The van der Waals surface area contributed by atoms with E-state index in [1.54, 1.807) is 6.07 Å². The molecule has 0 unspecified atom stereocenters. The van der Waals surface area contributed by atoms with Crippen molar-refractivity contribution in [2.45, 2.75) is 32.4 Å². The van der Waals surface area contributed by atoms with Gasteiger partial charge in [0.15, 0.2) is 0 Å². The van der Waals surface area contributed by atoms with E-state index in [0.717, 1.165) is 12.8 Å². The van der Waals surface area contributed by atoms with Crippen LogP contribution in [0.25, 0.3) is 0 Å². The maximum absolute atomic E-state index is 12.7. The highest BCUT2D eigenvalue weighted by Gasteiger charge is 2.42. The first-order chi connectivity index (χ1) is 7.86. The average Bonchev–Trinajstić information content (AvgIpc) is 3.00. The van der Waals surface area contributed by atoms with Crippen LogP contribution >= 0.6 is 0 Å². The van der Waals surface area contributed by atoms with Crippen LogP contribution in [-0.4, -0.2) is 11.7 Å². The molecule has 0 amide bonds. The standard InChI is InChI=1S/C13H15F3O/c1-9-2-3-10(6-11(9)13(14,15)16)7-12(8-17)4-5-12/h2-3,6,17H,4-5,7-8H2,1H3. The molecule has 1 nitrogen and oxygen atoms in total. The molecule has 94 valence electrons. The predicted octanol–water partition coefficient (Wildman–Crippen LogP) is 3.33. The summed E-state index contributed by atoms with van der Waals surface area (Å²) in [5.74, 6) is 0. The molecule has 0 aromatic heterocycles. The van der Waals surface area contributed by atoms with Gasteiger partial charge in [-0.15, -0.1) is 0 Å². The van der Waals surface area contributed by atoms with Crippen molar-refractivity contribution in [3.63, 3.8) is 0 Å². The largest absolute Gasteiger partial charge is 0.416 e. The Kier molecular flexibility index (Phi) is 2.94. The summed E-state index contributed by atoms with van der Waals surface area (Å²) in [5, 5.41) is 9.18. The van der Waals surface area contributed by atoms with Crippen LogP contribution in [-0.2, 0) is 12.6 Å². The smallest absolute Gasteiger partial charge is 0.396 e. The Morgan fingerprint density at radius 1 is 1.29 bits per heavy atom. The molecular formula is C13H15F3O. The molecule has 0 aliphatic heterocycles. The topological polar surface area (TPSA) is 20.2 Å². The second-order valence-electron chi connectivity index (χ2n) is 4.98. The number of aliphatic hydroxyl groups is 1. The van der Waals surface area contributed by atoms with E-state index in [4.69, 9.17) is 0 Å². The first-order valence-electron chi connectivity index (χ1n) is 5.64. The molecule has 0 radical (unpaired) electrons. The van der Waals surface area contributed by atoms with Gasteiger partial charge < -0.3 is 5.11 Å². The van der Waals surface area contributed by atoms with Gasteiger partial charge in [-0.05, 0) is 48.8 Å². The summed E-state index contributed by atoms with van der Waals surface area (Å²) in [6, 6.07) is 4.44. The van der Waals surface area contributed by atoms with Crippen LogP contribution in [0.3, 0.4) is 0 Å². The van der Waals surface area contributed by atoms with Gasteiger partial charge in [-0.3, -0.25) is 0 Å². The van der Waals surface area contributed by atoms with E-state index in [1.807, 2.05) is 0 Å². The van der Waals surface area contributed by atoms with Crippen LogP contribution in [0.15, 0.2) is 18.2 Å². The lowest BCUT2D eigenvalue weighted by molar-refractivity contribution is -0.138. The number of hydrogen-bond donors (Lipinski definition) is 1. The number of rotatable bonds is 3. The second-order valence-corrected chi connectivity index (χ2v) is 4.98. The van der Waals surface area contributed by atoms with Crippen LogP contribution in [0.2, 0.25) is 0 Å². The van der Waals surface area contributed by atoms with E-state index < -0.39 is 11.7 Å². The third-order valence-corrected chi connectivity index (χ3v) is 3.48. The Bertz CT molecular complexity index is 419. The molecule has 0 bridgehead atoms. The molecule has 1 aliphatic carbocycles. The summed E-state index contributed by atoms with van der Waals surface area (Å²) >= 11 is 0. The quantitative estimate of drug-likeness (QED) is 0.864. The van der Waals surface area contributed by atoms with E-state index in [9.17, 15) is 18.3 Å². The monoisotopic (exact) mass is 244 g/mol. The number of alkyl halides is 3. The minimum Gasteiger partial charge on any atom is -0.396 e. The summed E-state index contributed by atoms with van der Waals surface area (Å²) in [5.41, 5.74) is 0.186. The third-order valence-electron chi connectivity index (χ3n) is 3.48. The summed E-state index contributed by atoms with van der Waals surface area (Å²) in [7, 11) is 0. The van der Waals surface area contributed by atoms with Gasteiger partial charge in [0.25, 0.3) is 0 Å². The SMILES string of the molecule is Cc1ccc(CC2(CO)CC2)cc1C(F)(F)F. The Morgan fingerprint density at radius 3 is 2.41 bits per heavy atom. The van der Waals surface area contributed by atoms with E-state index in [-0.39, 0.29) is 17.6 Å². The van der Waals surface area contributed by atoms with Crippen molar-refractivity contribution in [1.82, 2.24) is 0 Å². The van der Waals surface area contributed by atoms with Gasteiger partial charge in [-0.2, -0.15) is 13.2 Å². The van der Waals surface area contributed by atoms with Crippen LogP contribution in [0.1, 0.15) is 29.5 Å². The zero-order valence-corrected chi connectivity index (χ0v) is 9.64. The Morgan fingerprint density at radius 2 is 1.94 bits per heavy atom. The van der Waals surface area contributed by atoms with E-state index in [0.29, 0.717) is 12.0 Å². The zero-order chi connectivity index (χ0) is 12.7. The molecule has 2 rings (SSSR count). The molecule has 1 aromatic carbocycles. The van der Waals surface area contributed by atoms with Crippen molar-refractivity contribution in [2.24, 2.45) is 5.41 Å². The molecule has 0 heterocycles. The van der Waals surface area contributed by atoms with Crippen molar-refractivity contribution in [3.8, 4) is 0 Å². The van der Waals surface area contributed by atoms with Gasteiger partial charge in [-0.1, -0.05) is 12.1 Å². The fourth-order valence-electron chi connectivity index (χ4n) is 2.09. The lowest BCUT2D eigenvalue weighted by Gasteiger charge is -2.15. The molecule has 1 saturated carbocycles. The number of benzene rings is 1. The molecule has 1 aliphatic rings. The van der Waals surface area contributed by atoms with E-state index in [1.165, 1.54) is 19.1 Å². The maximum atomic E-state index is 12.7. The predicted molar refractivity (Wildman–Crippen MR) is 58.6 cm³/mol. The summed E-state index contributed by atoms with van der Waals surface area (Å²) < 4.78 is 38.1. The third kappa shape index (κ3) is 2.63. The average molecular weight is 244 g/mol. The van der Waals surface area contributed by atoms with Crippen LogP contribution in [0.5, 0.6) is 0 Å². The van der Waals surface area contributed by atoms with Crippen molar-refractivity contribution in [2.75, 3.05) is 6.61 Å². The molecular weight excluding hydrogens is 229 g/mol. The highest BCUT2D eigenvalue weighted by molar-refractivity contribution is 5.34. The Balaban J connectivity index is 2.25. The normalized spacial score (nSPS) is 18.2. The van der Waals surface area contributed by atoms with Crippen molar-refractivity contribution in [1.29, 1.82) is 0 Å². The molecule has 1 N–H and O–H groups in total. The van der Waals surface area contributed by atoms with Gasteiger partial charge in [0.05, 0.1) is 5.56 Å². The van der Waals surface area contributed by atoms with Crippen LogP contribution in [0.4, 0.5) is 13.2 Å². The second kappa shape index (κ2) is 4.02. The molecule has 0 atom stereocenters. The first-order valence-corrected chi connectivity index (χ1v) is 5.64. The lowest BCUT2D eigenvalue weighted by Crippen LogP contribution is -2.12.